The van der Waals surface area contributed by atoms with Gasteiger partial charge in [0.25, 0.3) is 5.91 Å². The predicted octanol–water partition coefficient (Wildman–Crippen LogP) is 4.21. The van der Waals surface area contributed by atoms with Crippen molar-refractivity contribution in [3.63, 3.8) is 0 Å². The zero-order valence-corrected chi connectivity index (χ0v) is 19.2. The van der Waals surface area contributed by atoms with Gasteiger partial charge in [0.15, 0.2) is 5.78 Å². The summed E-state index contributed by atoms with van der Waals surface area (Å²) in [5.41, 5.74) is 1.58. The zero-order valence-electron chi connectivity index (χ0n) is 18.3. The third-order valence-corrected chi connectivity index (χ3v) is 7.94. The van der Waals surface area contributed by atoms with E-state index in [0.29, 0.717) is 18.8 Å². The Morgan fingerprint density at radius 2 is 1.72 bits per heavy atom. The number of likely N-dealkylation sites (tertiary alicyclic amines) is 2. The minimum atomic E-state index is -0.196. The Labute approximate surface area is 190 Å². The van der Waals surface area contributed by atoms with Crippen LogP contribution < -0.4 is 0 Å². The lowest BCUT2D eigenvalue weighted by atomic mass is 9.78. The first-order valence-corrected chi connectivity index (χ1v) is 11.8. The molecule has 0 saturated carbocycles. The van der Waals surface area contributed by atoms with Gasteiger partial charge in [0.05, 0.1) is 4.88 Å². The summed E-state index contributed by atoms with van der Waals surface area (Å²) < 4.78 is 2.41. The van der Waals surface area contributed by atoms with Crippen molar-refractivity contribution in [3.8, 4) is 0 Å². The van der Waals surface area contributed by atoms with Gasteiger partial charge in [-0.3, -0.25) is 9.59 Å². The summed E-state index contributed by atoms with van der Waals surface area (Å²) in [7, 11) is 0. The van der Waals surface area contributed by atoms with Crippen LogP contribution in [0.1, 0.15) is 51.9 Å². The van der Waals surface area contributed by atoms with E-state index < -0.39 is 0 Å². The Balaban J connectivity index is 1.22. The van der Waals surface area contributed by atoms with Crippen molar-refractivity contribution in [1.29, 1.82) is 0 Å². The lowest BCUT2D eigenvalue weighted by Gasteiger charge is -2.38. The molecule has 1 aromatic carbocycles. The quantitative estimate of drug-likeness (QED) is 0.548. The molecular formula is C24H26N4O3S. The summed E-state index contributed by atoms with van der Waals surface area (Å²) in [6.45, 7) is 6.29. The Morgan fingerprint density at radius 3 is 2.41 bits per heavy atom. The summed E-state index contributed by atoms with van der Waals surface area (Å²) in [5.74, 6) is -0.0360. The molecule has 0 radical (unpaired) electrons. The van der Waals surface area contributed by atoms with Gasteiger partial charge in [0.1, 0.15) is 5.69 Å². The number of nitrogens with zero attached hydrogens (tertiary/aromatic N) is 4. The van der Waals surface area contributed by atoms with E-state index in [1.807, 2.05) is 11.0 Å². The molecule has 2 aliphatic heterocycles. The smallest absolute Gasteiger partial charge is 0.337 e. The Kier molecular flexibility index (Phi) is 5.12. The Bertz CT molecular complexity index is 1220. The molecule has 32 heavy (non-hydrogen) atoms. The number of thiophene rings is 1. The summed E-state index contributed by atoms with van der Waals surface area (Å²) in [5, 5.41) is 5.21. The second-order valence-electron chi connectivity index (χ2n) is 9.10. The number of amides is 2. The molecule has 0 N–H and O–H groups in total. The number of hydrogen-bond donors (Lipinski definition) is 0. The van der Waals surface area contributed by atoms with E-state index in [-0.39, 0.29) is 23.1 Å². The van der Waals surface area contributed by atoms with Crippen molar-refractivity contribution in [2.45, 2.75) is 33.1 Å². The number of rotatable bonds is 2. The highest BCUT2D eigenvalue weighted by atomic mass is 32.1. The minimum absolute atomic E-state index is 0.0777. The second kappa shape index (κ2) is 7.85. The first-order chi connectivity index (χ1) is 15.3. The van der Waals surface area contributed by atoms with Gasteiger partial charge in [0.2, 0.25) is 0 Å². The van der Waals surface area contributed by atoms with E-state index in [1.165, 1.54) is 17.2 Å². The molecule has 3 aromatic rings. The SMILES string of the molecule is CC(=O)c1ccn(C(=O)N2CCC3(CCN(C(=O)c4cc5ccc(C)cc5s4)C3)CC2)n1. The van der Waals surface area contributed by atoms with Crippen LogP contribution in [-0.4, -0.2) is 63.5 Å². The van der Waals surface area contributed by atoms with Gasteiger partial charge in [-0.1, -0.05) is 12.1 Å². The molecule has 8 heteroatoms. The number of ketones is 1. The normalized spacial score (nSPS) is 17.9. The predicted molar refractivity (Wildman–Crippen MR) is 123 cm³/mol. The zero-order chi connectivity index (χ0) is 22.5. The maximum Gasteiger partial charge on any atom is 0.344 e. The molecule has 5 rings (SSSR count). The molecule has 2 saturated heterocycles. The largest absolute Gasteiger partial charge is 0.344 e. The molecule has 2 amide bonds. The highest BCUT2D eigenvalue weighted by Gasteiger charge is 2.43. The average molecular weight is 451 g/mol. The Morgan fingerprint density at radius 1 is 1.00 bits per heavy atom. The topological polar surface area (TPSA) is 75.5 Å². The summed E-state index contributed by atoms with van der Waals surface area (Å²) in [6, 6.07) is 9.67. The van der Waals surface area contributed by atoms with E-state index in [4.69, 9.17) is 0 Å². The standard InChI is InChI=1S/C24H26N4O3S/c1-16-3-4-18-14-21(32-20(18)13-16)22(30)27-12-8-24(15-27)6-10-26(11-7-24)23(31)28-9-5-19(25-28)17(2)29/h3-5,9,13-14H,6-8,10-12,15H2,1-2H3. The van der Waals surface area contributed by atoms with Crippen LogP contribution in [-0.2, 0) is 0 Å². The van der Waals surface area contributed by atoms with Crippen LogP contribution >= 0.6 is 11.3 Å². The molecule has 1 spiro atoms. The lowest BCUT2D eigenvalue weighted by molar-refractivity contribution is 0.0740. The first kappa shape index (κ1) is 20.9. The Hall–Kier alpha value is -3.00. The van der Waals surface area contributed by atoms with Crippen LogP contribution in [0.4, 0.5) is 4.79 Å². The lowest BCUT2D eigenvalue weighted by Crippen LogP contribution is -2.46. The maximum atomic E-state index is 13.2. The molecule has 0 atom stereocenters. The van der Waals surface area contributed by atoms with Crippen molar-refractivity contribution in [3.05, 3.63) is 52.7 Å². The van der Waals surface area contributed by atoms with Crippen molar-refractivity contribution in [2.24, 2.45) is 5.41 Å². The van der Waals surface area contributed by atoms with Gasteiger partial charge in [-0.25, -0.2) is 4.79 Å². The molecule has 166 valence electrons. The fourth-order valence-electron chi connectivity index (χ4n) is 4.85. The monoisotopic (exact) mass is 450 g/mol. The third-order valence-electron chi connectivity index (χ3n) is 6.85. The fourth-order valence-corrected chi connectivity index (χ4v) is 5.98. The minimum Gasteiger partial charge on any atom is -0.337 e. The molecule has 0 unspecified atom stereocenters. The summed E-state index contributed by atoms with van der Waals surface area (Å²) >= 11 is 1.57. The highest BCUT2D eigenvalue weighted by Crippen LogP contribution is 2.41. The fraction of sp³-hybridized carbons (Fsp3) is 0.417. The second-order valence-corrected chi connectivity index (χ2v) is 10.2. The van der Waals surface area contributed by atoms with E-state index in [2.05, 4.69) is 30.2 Å². The number of aryl methyl sites for hydroxylation is 1. The number of piperidine rings is 1. The molecule has 7 nitrogen and oxygen atoms in total. The van der Waals surface area contributed by atoms with Gasteiger partial charge < -0.3 is 9.80 Å². The van der Waals surface area contributed by atoms with Crippen LogP contribution in [0.15, 0.2) is 36.5 Å². The van der Waals surface area contributed by atoms with E-state index in [1.54, 1.807) is 28.5 Å². The number of hydrogen-bond acceptors (Lipinski definition) is 5. The van der Waals surface area contributed by atoms with Crippen molar-refractivity contribution < 1.29 is 14.4 Å². The van der Waals surface area contributed by atoms with Crippen LogP contribution in [0.25, 0.3) is 10.1 Å². The average Bonchev–Trinajstić information content (AvgIpc) is 3.51. The van der Waals surface area contributed by atoms with Gasteiger partial charge in [-0.2, -0.15) is 9.78 Å². The molecular weight excluding hydrogens is 424 g/mol. The molecule has 4 heterocycles. The third kappa shape index (κ3) is 3.72. The van der Waals surface area contributed by atoms with Crippen LogP contribution in [0.2, 0.25) is 0 Å². The van der Waals surface area contributed by atoms with Crippen molar-refractivity contribution in [2.75, 3.05) is 26.2 Å². The van der Waals surface area contributed by atoms with Crippen LogP contribution in [0.3, 0.4) is 0 Å². The van der Waals surface area contributed by atoms with Crippen LogP contribution in [0.5, 0.6) is 0 Å². The number of carbonyl (C=O) groups excluding carboxylic acids is 3. The highest BCUT2D eigenvalue weighted by molar-refractivity contribution is 7.20. The van der Waals surface area contributed by atoms with Gasteiger partial charge in [-0.05, 0) is 60.7 Å². The molecule has 0 aliphatic carbocycles. The van der Waals surface area contributed by atoms with E-state index in [9.17, 15) is 14.4 Å². The van der Waals surface area contributed by atoms with E-state index in [0.717, 1.165) is 47.3 Å². The summed E-state index contributed by atoms with van der Waals surface area (Å²) in [6.07, 6.45) is 4.26. The number of fused-ring (bicyclic) bond motifs is 1. The summed E-state index contributed by atoms with van der Waals surface area (Å²) in [4.78, 5) is 42.0. The molecule has 2 fully saturated rings. The number of aromatic nitrogens is 2. The van der Waals surface area contributed by atoms with Gasteiger partial charge in [0, 0.05) is 44.0 Å². The first-order valence-electron chi connectivity index (χ1n) is 11.0. The molecule has 2 aliphatic rings. The van der Waals surface area contributed by atoms with Crippen LogP contribution in [0, 0.1) is 12.3 Å². The number of Topliss-reactive ketones (excluding diaryl/α,β-unsaturated/α-hetero) is 1. The van der Waals surface area contributed by atoms with Crippen molar-refractivity contribution >= 4 is 39.1 Å². The van der Waals surface area contributed by atoms with Crippen molar-refractivity contribution in [1.82, 2.24) is 19.6 Å². The number of benzene rings is 1. The molecule has 0 bridgehead atoms. The van der Waals surface area contributed by atoms with Gasteiger partial charge >= 0.3 is 6.03 Å². The maximum absolute atomic E-state index is 13.2. The number of carbonyl (C=O) groups is 3. The van der Waals surface area contributed by atoms with Gasteiger partial charge in [-0.15, -0.1) is 11.3 Å². The van der Waals surface area contributed by atoms with E-state index >= 15 is 0 Å². The molecule has 2 aromatic heterocycles.